The lowest BCUT2D eigenvalue weighted by Gasteiger charge is -2.12. The van der Waals surface area contributed by atoms with Crippen molar-refractivity contribution in [2.75, 3.05) is 13.2 Å². The molecule has 1 aromatic rings. The van der Waals surface area contributed by atoms with Gasteiger partial charge in [-0.15, -0.1) is 0 Å². The fourth-order valence-electron chi connectivity index (χ4n) is 2.37. The Bertz CT molecular complexity index is 537. The van der Waals surface area contributed by atoms with Crippen LogP contribution in [0.2, 0.25) is 0 Å². The average Bonchev–Trinajstić information content (AvgIpc) is 2.55. The first kappa shape index (κ1) is 21.1. The number of aryl methyl sites for hydroxylation is 1. The van der Waals surface area contributed by atoms with Crippen LogP contribution >= 0.6 is 0 Å². The van der Waals surface area contributed by atoms with Crippen molar-refractivity contribution in [3.63, 3.8) is 0 Å². The molecule has 0 aliphatic heterocycles. The van der Waals surface area contributed by atoms with Gasteiger partial charge in [0.2, 0.25) is 0 Å². The Morgan fingerprint density at radius 1 is 0.958 bits per heavy atom. The highest BCUT2D eigenvalue weighted by molar-refractivity contribution is 7.86. The normalized spacial score (nSPS) is 13.1. The van der Waals surface area contributed by atoms with Crippen LogP contribution in [-0.2, 0) is 19.0 Å². The van der Waals surface area contributed by atoms with Gasteiger partial charge in [0.25, 0.3) is 10.1 Å². The lowest BCUT2D eigenvalue weighted by molar-refractivity contribution is 0.0557. The highest BCUT2D eigenvalue weighted by atomic mass is 32.2. The summed E-state index contributed by atoms with van der Waals surface area (Å²) >= 11 is 0. The Labute approximate surface area is 147 Å². The largest absolute Gasteiger partial charge is 0.379 e. The molecule has 0 aromatic heterocycles. The van der Waals surface area contributed by atoms with E-state index in [1.165, 1.54) is 12.8 Å². The van der Waals surface area contributed by atoms with Gasteiger partial charge in [-0.1, -0.05) is 50.3 Å². The summed E-state index contributed by atoms with van der Waals surface area (Å²) < 4.78 is 34.9. The van der Waals surface area contributed by atoms with Crippen molar-refractivity contribution >= 4 is 10.1 Å². The van der Waals surface area contributed by atoms with E-state index in [-0.39, 0.29) is 17.6 Å². The molecule has 24 heavy (non-hydrogen) atoms. The summed E-state index contributed by atoms with van der Waals surface area (Å²) in [6.07, 6.45) is 7.58. The summed E-state index contributed by atoms with van der Waals surface area (Å²) in [6.45, 7) is 7.29. The van der Waals surface area contributed by atoms with Gasteiger partial charge in [0.15, 0.2) is 0 Å². The maximum Gasteiger partial charge on any atom is 0.296 e. The molecule has 0 spiro atoms. The van der Waals surface area contributed by atoms with Gasteiger partial charge < -0.3 is 4.74 Å². The number of ether oxygens (including phenoxy) is 1. The molecule has 0 amide bonds. The van der Waals surface area contributed by atoms with Gasteiger partial charge in [-0.2, -0.15) is 8.42 Å². The summed E-state index contributed by atoms with van der Waals surface area (Å²) in [5.41, 5.74) is 1.03. The van der Waals surface area contributed by atoms with Crippen molar-refractivity contribution in [3.05, 3.63) is 29.8 Å². The third kappa shape index (κ3) is 8.81. The van der Waals surface area contributed by atoms with Crippen molar-refractivity contribution in [2.45, 2.75) is 76.7 Å². The van der Waals surface area contributed by atoms with Gasteiger partial charge in [0.1, 0.15) is 0 Å². The third-order valence-corrected chi connectivity index (χ3v) is 5.28. The predicted molar refractivity (Wildman–Crippen MR) is 97.7 cm³/mol. The molecule has 0 bridgehead atoms. The molecule has 0 N–H and O–H groups in total. The van der Waals surface area contributed by atoms with Crippen LogP contribution in [-0.4, -0.2) is 27.7 Å². The molecule has 0 heterocycles. The highest BCUT2D eigenvalue weighted by Gasteiger charge is 2.14. The van der Waals surface area contributed by atoms with Crippen molar-refractivity contribution in [1.82, 2.24) is 0 Å². The Hall–Kier alpha value is -0.910. The second kappa shape index (κ2) is 11.6. The van der Waals surface area contributed by atoms with E-state index >= 15 is 0 Å². The smallest absolute Gasteiger partial charge is 0.296 e. The van der Waals surface area contributed by atoms with E-state index in [0.717, 1.165) is 44.3 Å². The highest BCUT2D eigenvalue weighted by Crippen LogP contribution is 2.14. The second-order valence-electron chi connectivity index (χ2n) is 6.33. The minimum Gasteiger partial charge on any atom is -0.379 e. The molecule has 0 saturated carbocycles. The van der Waals surface area contributed by atoms with E-state index in [1.807, 2.05) is 6.92 Å². The SMILES string of the molecule is CCCCCOC(C)CCCCCOS(=O)(=O)c1ccc(C)cc1. The summed E-state index contributed by atoms with van der Waals surface area (Å²) in [5, 5.41) is 0. The molecule has 1 atom stereocenters. The molecule has 1 unspecified atom stereocenters. The lowest BCUT2D eigenvalue weighted by Crippen LogP contribution is -2.10. The molecular formula is C19H32O4S. The molecule has 0 radical (unpaired) electrons. The van der Waals surface area contributed by atoms with E-state index in [1.54, 1.807) is 24.3 Å². The summed E-state index contributed by atoms with van der Waals surface area (Å²) in [7, 11) is -3.62. The molecule has 0 aliphatic carbocycles. The average molecular weight is 357 g/mol. The standard InChI is InChI=1S/C19H32O4S/c1-4-5-8-15-22-18(3)10-7-6-9-16-23-24(20,21)19-13-11-17(2)12-14-19/h11-14,18H,4-10,15-16H2,1-3H3. The maximum atomic E-state index is 12.0. The van der Waals surface area contributed by atoms with E-state index in [0.29, 0.717) is 0 Å². The summed E-state index contributed by atoms with van der Waals surface area (Å²) in [4.78, 5) is 0.224. The first-order chi connectivity index (χ1) is 11.5. The van der Waals surface area contributed by atoms with Gasteiger partial charge in [-0.25, -0.2) is 0 Å². The van der Waals surface area contributed by atoms with E-state index in [9.17, 15) is 8.42 Å². The number of unbranched alkanes of at least 4 members (excludes halogenated alkanes) is 4. The molecular weight excluding hydrogens is 324 g/mol. The van der Waals surface area contributed by atoms with Crippen molar-refractivity contribution in [1.29, 1.82) is 0 Å². The number of hydrogen-bond donors (Lipinski definition) is 0. The second-order valence-corrected chi connectivity index (χ2v) is 7.94. The summed E-state index contributed by atoms with van der Waals surface area (Å²) in [6, 6.07) is 6.72. The number of rotatable bonds is 13. The van der Waals surface area contributed by atoms with Crippen LogP contribution in [0.4, 0.5) is 0 Å². The monoisotopic (exact) mass is 356 g/mol. The Balaban J connectivity index is 2.12. The van der Waals surface area contributed by atoms with Gasteiger partial charge >= 0.3 is 0 Å². The van der Waals surface area contributed by atoms with Crippen LogP contribution < -0.4 is 0 Å². The van der Waals surface area contributed by atoms with Crippen LogP contribution in [0.25, 0.3) is 0 Å². The van der Waals surface area contributed by atoms with Crippen molar-refractivity contribution in [2.24, 2.45) is 0 Å². The van der Waals surface area contributed by atoms with Crippen LogP contribution in [0.5, 0.6) is 0 Å². The van der Waals surface area contributed by atoms with Crippen LogP contribution in [0.1, 0.15) is 64.4 Å². The van der Waals surface area contributed by atoms with Crippen molar-refractivity contribution < 1.29 is 17.3 Å². The number of hydrogen-bond acceptors (Lipinski definition) is 4. The number of benzene rings is 1. The molecule has 0 saturated heterocycles. The van der Waals surface area contributed by atoms with Crippen LogP contribution in [0.3, 0.4) is 0 Å². The zero-order valence-corrected chi connectivity index (χ0v) is 16.1. The fraction of sp³-hybridized carbons (Fsp3) is 0.684. The Morgan fingerprint density at radius 3 is 2.29 bits per heavy atom. The van der Waals surface area contributed by atoms with Crippen LogP contribution in [0.15, 0.2) is 29.2 Å². The van der Waals surface area contributed by atoms with Gasteiger partial charge in [-0.3, -0.25) is 4.18 Å². The first-order valence-electron chi connectivity index (χ1n) is 9.03. The topological polar surface area (TPSA) is 52.6 Å². The van der Waals surface area contributed by atoms with E-state index in [2.05, 4.69) is 13.8 Å². The van der Waals surface area contributed by atoms with Crippen molar-refractivity contribution in [3.8, 4) is 0 Å². The molecule has 0 aliphatic rings. The maximum absolute atomic E-state index is 12.0. The molecule has 4 nitrogen and oxygen atoms in total. The Morgan fingerprint density at radius 2 is 1.62 bits per heavy atom. The third-order valence-electron chi connectivity index (χ3n) is 3.95. The van der Waals surface area contributed by atoms with E-state index < -0.39 is 10.1 Å². The summed E-state index contributed by atoms with van der Waals surface area (Å²) in [5.74, 6) is 0. The first-order valence-corrected chi connectivity index (χ1v) is 10.4. The zero-order chi connectivity index (χ0) is 17.8. The van der Waals surface area contributed by atoms with Gasteiger partial charge in [0.05, 0.1) is 17.6 Å². The molecule has 1 rings (SSSR count). The quantitative estimate of drug-likeness (QED) is 0.374. The van der Waals surface area contributed by atoms with Gasteiger partial charge in [-0.05, 0) is 45.2 Å². The predicted octanol–water partition coefficient (Wildman–Crippen LogP) is 4.86. The molecule has 138 valence electrons. The molecule has 5 heteroatoms. The van der Waals surface area contributed by atoms with E-state index in [4.69, 9.17) is 8.92 Å². The molecule has 0 fully saturated rings. The minimum absolute atomic E-state index is 0.224. The minimum atomic E-state index is -3.62. The Kier molecular flexibility index (Phi) is 10.2. The van der Waals surface area contributed by atoms with Gasteiger partial charge in [0, 0.05) is 6.61 Å². The fourth-order valence-corrected chi connectivity index (χ4v) is 3.31. The lowest BCUT2D eigenvalue weighted by atomic mass is 10.1. The molecule has 1 aromatic carbocycles. The van der Waals surface area contributed by atoms with Crippen LogP contribution in [0, 0.1) is 6.92 Å². The zero-order valence-electron chi connectivity index (χ0n) is 15.3.